The Morgan fingerprint density at radius 1 is 1.09 bits per heavy atom. The molecule has 0 bridgehead atoms. The number of nitriles is 1. The fourth-order valence-electron chi connectivity index (χ4n) is 3.73. The Morgan fingerprint density at radius 3 is 2.41 bits per heavy atom. The maximum absolute atomic E-state index is 9.14. The molecule has 1 aliphatic carbocycles. The van der Waals surface area contributed by atoms with Crippen LogP contribution >= 0.6 is 0 Å². The van der Waals surface area contributed by atoms with Crippen molar-refractivity contribution >= 4 is 5.82 Å². The first kappa shape index (κ1) is 15.3. The van der Waals surface area contributed by atoms with Crippen LogP contribution < -0.4 is 4.90 Å². The Labute approximate surface area is 133 Å². The van der Waals surface area contributed by atoms with E-state index in [1.165, 1.54) is 25.7 Å². The molecule has 0 radical (unpaired) electrons. The quantitative estimate of drug-likeness (QED) is 0.842. The van der Waals surface area contributed by atoms with Crippen LogP contribution in [0.1, 0.15) is 43.9 Å². The molecule has 1 saturated heterocycles. The number of aromatic nitrogens is 1. The van der Waals surface area contributed by atoms with E-state index in [4.69, 9.17) is 5.26 Å². The van der Waals surface area contributed by atoms with E-state index in [1.807, 2.05) is 19.1 Å². The minimum Gasteiger partial charge on any atom is -0.354 e. The molecule has 22 heavy (non-hydrogen) atoms. The highest BCUT2D eigenvalue weighted by atomic mass is 15.3. The standard InChI is InChI=1S/C18H26N4/c1-14-3-6-16(7-4-14)21-9-11-22(12-10-21)18-8-5-15(2)17(13-19)20-18/h5,8,14,16H,3-4,6-7,9-12H2,1-2H3. The zero-order valence-corrected chi connectivity index (χ0v) is 13.8. The predicted molar refractivity (Wildman–Crippen MR) is 88.9 cm³/mol. The Bertz CT molecular complexity index is 547. The molecule has 4 heteroatoms. The minimum atomic E-state index is 0.557. The van der Waals surface area contributed by atoms with E-state index in [0.29, 0.717) is 5.69 Å². The Morgan fingerprint density at radius 2 is 1.77 bits per heavy atom. The second-order valence-electron chi connectivity index (χ2n) is 6.88. The van der Waals surface area contributed by atoms with Crippen molar-refractivity contribution in [1.82, 2.24) is 9.88 Å². The van der Waals surface area contributed by atoms with Crippen molar-refractivity contribution in [2.45, 2.75) is 45.6 Å². The van der Waals surface area contributed by atoms with Crippen molar-refractivity contribution in [2.24, 2.45) is 5.92 Å². The monoisotopic (exact) mass is 298 g/mol. The highest BCUT2D eigenvalue weighted by Gasteiger charge is 2.27. The van der Waals surface area contributed by atoms with Crippen LogP contribution in [0.2, 0.25) is 0 Å². The van der Waals surface area contributed by atoms with Crippen LogP contribution in [0, 0.1) is 24.2 Å². The Hall–Kier alpha value is -1.60. The first-order valence-electron chi connectivity index (χ1n) is 8.54. The first-order chi connectivity index (χ1) is 10.7. The summed E-state index contributed by atoms with van der Waals surface area (Å²) in [6.07, 6.45) is 5.50. The van der Waals surface area contributed by atoms with Gasteiger partial charge in [0.25, 0.3) is 0 Å². The van der Waals surface area contributed by atoms with Gasteiger partial charge in [-0.25, -0.2) is 4.98 Å². The van der Waals surface area contributed by atoms with E-state index in [9.17, 15) is 0 Å². The van der Waals surface area contributed by atoms with Crippen molar-refractivity contribution in [3.8, 4) is 6.07 Å². The molecule has 1 aromatic rings. The van der Waals surface area contributed by atoms with Gasteiger partial charge >= 0.3 is 0 Å². The number of rotatable bonds is 2. The van der Waals surface area contributed by atoms with Crippen LogP contribution in [0.25, 0.3) is 0 Å². The summed E-state index contributed by atoms with van der Waals surface area (Å²) in [5.41, 5.74) is 1.52. The molecule has 1 aliphatic heterocycles. The molecule has 118 valence electrons. The normalized spacial score (nSPS) is 26.7. The number of pyridine rings is 1. The molecule has 0 aromatic carbocycles. The molecule has 0 amide bonds. The van der Waals surface area contributed by atoms with Gasteiger partial charge in [0.05, 0.1) is 0 Å². The van der Waals surface area contributed by atoms with Crippen molar-refractivity contribution in [3.63, 3.8) is 0 Å². The van der Waals surface area contributed by atoms with Crippen LogP contribution in [-0.2, 0) is 0 Å². The van der Waals surface area contributed by atoms with Gasteiger partial charge in [-0.2, -0.15) is 5.26 Å². The van der Waals surface area contributed by atoms with Gasteiger partial charge in [0, 0.05) is 32.2 Å². The average Bonchev–Trinajstić information content (AvgIpc) is 2.56. The average molecular weight is 298 g/mol. The lowest BCUT2D eigenvalue weighted by atomic mass is 9.86. The van der Waals surface area contributed by atoms with Crippen LogP contribution in [0.5, 0.6) is 0 Å². The smallest absolute Gasteiger partial charge is 0.145 e. The third-order valence-electron chi connectivity index (χ3n) is 5.33. The summed E-state index contributed by atoms with van der Waals surface area (Å²) in [4.78, 5) is 9.50. The number of aryl methyl sites for hydroxylation is 1. The summed E-state index contributed by atoms with van der Waals surface area (Å²) in [5.74, 6) is 1.87. The van der Waals surface area contributed by atoms with Gasteiger partial charge in [0.1, 0.15) is 17.6 Å². The van der Waals surface area contributed by atoms with E-state index >= 15 is 0 Å². The number of hydrogen-bond donors (Lipinski definition) is 0. The molecule has 1 saturated carbocycles. The van der Waals surface area contributed by atoms with Crippen molar-refractivity contribution in [1.29, 1.82) is 5.26 Å². The number of anilines is 1. The fourth-order valence-corrected chi connectivity index (χ4v) is 3.73. The first-order valence-corrected chi connectivity index (χ1v) is 8.54. The zero-order chi connectivity index (χ0) is 15.5. The fraction of sp³-hybridized carbons (Fsp3) is 0.667. The lowest BCUT2D eigenvalue weighted by Gasteiger charge is -2.42. The van der Waals surface area contributed by atoms with E-state index in [-0.39, 0.29) is 0 Å². The summed E-state index contributed by atoms with van der Waals surface area (Å²) in [5, 5.41) is 9.14. The van der Waals surface area contributed by atoms with Gasteiger partial charge in [-0.3, -0.25) is 4.90 Å². The number of hydrogen-bond acceptors (Lipinski definition) is 4. The molecular formula is C18H26N4. The van der Waals surface area contributed by atoms with Crippen molar-refractivity contribution in [2.75, 3.05) is 31.1 Å². The van der Waals surface area contributed by atoms with Crippen LogP contribution in [-0.4, -0.2) is 42.1 Å². The molecular weight excluding hydrogens is 272 g/mol. The third-order valence-corrected chi connectivity index (χ3v) is 5.33. The van der Waals surface area contributed by atoms with Gasteiger partial charge in [-0.05, 0) is 50.2 Å². The minimum absolute atomic E-state index is 0.557. The predicted octanol–water partition coefficient (Wildman–Crippen LogP) is 2.96. The topological polar surface area (TPSA) is 43.2 Å². The molecule has 2 fully saturated rings. The molecule has 4 nitrogen and oxygen atoms in total. The van der Waals surface area contributed by atoms with E-state index in [1.54, 1.807) is 0 Å². The van der Waals surface area contributed by atoms with Crippen LogP contribution in [0.15, 0.2) is 12.1 Å². The molecule has 0 atom stereocenters. The van der Waals surface area contributed by atoms with Crippen LogP contribution in [0.4, 0.5) is 5.82 Å². The van der Waals surface area contributed by atoms with Gasteiger partial charge in [-0.1, -0.05) is 13.0 Å². The summed E-state index contributed by atoms with van der Waals surface area (Å²) in [6.45, 7) is 8.61. The van der Waals surface area contributed by atoms with Crippen molar-refractivity contribution < 1.29 is 0 Å². The lowest BCUT2D eigenvalue weighted by Crippen LogP contribution is -2.51. The van der Waals surface area contributed by atoms with E-state index in [2.05, 4.69) is 27.8 Å². The molecule has 1 aromatic heterocycles. The largest absolute Gasteiger partial charge is 0.354 e. The Kier molecular flexibility index (Phi) is 4.63. The number of nitrogens with zero attached hydrogens (tertiary/aromatic N) is 4. The zero-order valence-electron chi connectivity index (χ0n) is 13.8. The number of piperazine rings is 1. The molecule has 0 spiro atoms. The van der Waals surface area contributed by atoms with Crippen molar-refractivity contribution in [3.05, 3.63) is 23.4 Å². The summed E-state index contributed by atoms with van der Waals surface area (Å²) >= 11 is 0. The highest BCUT2D eigenvalue weighted by Crippen LogP contribution is 2.28. The molecule has 3 rings (SSSR count). The maximum atomic E-state index is 9.14. The van der Waals surface area contributed by atoms with Gasteiger partial charge in [0.2, 0.25) is 0 Å². The van der Waals surface area contributed by atoms with Crippen LogP contribution in [0.3, 0.4) is 0 Å². The molecule has 2 heterocycles. The molecule has 0 N–H and O–H groups in total. The molecule has 2 aliphatic rings. The maximum Gasteiger partial charge on any atom is 0.145 e. The second-order valence-corrected chi connectivity index (χ2v) is 6.88. The summed E-state index contributed by atoms with van der Waals surface area (Å²) < 4.78 is 0. The van der Waals surface area contributed by atoms with Gasteiger partial charge in [0.15, 0.2) is 0 Å². The summed E-state index contributed by atoms with van der Waals surface area (Å²) in [6, 6.07) is 7.04. The van der Waals surface area contributed by atoms with Gasteiger partial charge in [-0.15, -0.1) is 0 Å². The lowest BCUT2D eigenvalue weighted by molar-refractivity contribution is 0.132. The van der Waals surface area contributed by atoms with E-state index < -0.39 is 0 Å². The van der Waals surface area contributed by atoms with E-state index in [0.717, 1.165) is 49.5 Å². The molecule has 0 unspecified atom stereocenters. The van der Waals surface area contributed by atoms with Gasteiger partial charge < -0.3 is 4.90 Å². The highest BCUT2D eigenvalue weighted by molar-refractivity contribution is 5.45. The second kappa shape index (κ2) is 6.66. The summed E-state index contributed by atoms with van der Waals surface area (Å²) in [7, 11) is 0. The third kappa shape index (κ3) is 3.25. The Balaban J connectivity index is 1.59. The SMILES string of the molecule is Cc1ccc(N2CCN(C3CCC(C)CC3)CC2)nc1C#N.